The Labute approximate surface area is 112 Å². The van der Waals surface area contributed by atoms with Crippen molar-refractivity contribution in [1.82, 2.24) is 0 Å². The lowest BCUT2D eigenvalue weighted by Gasteiger charge is -2.03. The van der Waals surface area contributed by atoms with E-state index in [1.54, 1.807) is 30.6 Å². The standard InChI is InChI=1S/C10H6N2O.3ClH/c11-6-8-2-1-3-10-9(8)7-12-4-5-13-10;;;/h1-5,7H;3*1H. The van der Waals surface area contributed by atoms with Crippen LogP contribution in [0.2, 0.25) is 0 Å². The summed E-state index contributed by atoms with van der Waals surface area (Å²) in [5.74, 6) is 0.663. The Morgan fingerprint density at radius 3 is 2.62 bits per heavy atom. The van der Waals surface area contributed by atoms with Crippen LogP contribution in [0, 0.1) is 11.3 Å². The zero-order chi connectivity index (χ0) is 9.10. The van der Waals surface area contributed by atoms with Gasteiger partial charge in [0.1, 0.15) is 12.0 Å². The molecule has 0 saturated heterocycles. The highest BCUT2D eigenvalue weighted by Gasteiger charge is 2.07. The van der Waals surface area contributed by atoms with Gasteiger partial charge in [0.15, 0.2) is 0 Å². The predicted octanol–water partition coefficient (Wildman–Crippen LogP) is 3.11. The molecule has 2 rings (SSSR count). The van der Waals surface area contributed by atoms with Gasteiger partial charge in [-0.25, -0.2) is 0 Å². The molecule has 1 aromatic rings. The molecule has 16 heavy (non-hydrogen) atoms. The summed E-state index contributed by atoms with van der Waals surface area (Å²) < 4.78 is 5.23. The molecule has 1 aliphatic rings. The highest BCUT2D eigenvalue weighted by Crippen LogP contribution is 2.21. The van der Waals surface area contributed by atoms with E-state index in [-0.39, 0.29) is 37.2 Å². The number of ether oxygens (including phenoxy) is 1. The fourth-order valence-electron chi connectivity index (χ4n) is 1.13. The number of nitriles is 1. The van der Waals surface area contributed by atoms with E-state index < -0.39 is 0 Å². The molecule has 0 unspecified atom stereocenters. The zero-order valence-corrected chi connectivity index (χ0v) is 10.4. The first-order valence-corrected chi connectivity index (χ1v) is 3.80. The van der Waals surface area contributed by atoms with E-state index in [1.165, 1.54) is 6.26 Å². The van der Waals surface area contributed by atoms with Gasteiger partial charge in [-0.1, -0.05) is 6.07 Å². The van der Waals surface area contributed by atoms with Crippen LogP contribution in [0.3, 0.4) is 0 Å². The maximum Gasteiger partial charge on any atom is 0.136 e. The second-order valence-corrected chi connectivity index (χ2v) is 2.51. The second kappa shape index (κ2) is 8.00. The van der Waals surface area contributed by atoms with E-state index in [1.807, 2.05) is 0 Å². The third-order valence-corrected chi connectivity index (χ3v) is 1.73. The van der Waals surface area contributed by atoms with Crippen molar-refractivity contribution < 1.29 is 4.74 Å². The summed E-state index contributed by atoms with van der Waals surface area (Å²) >= 11 is 0. The first-order chi connectivity index (χ1) is 6.42. The van der Waals surface area contributed by atoms with Gasteiger partial charge in [0, 0.05) is 6.21 Å². The monoisotopic (exact) mass is 278 g/mol. The van der Waals surface area contributed by atoms with Crippen molar-refractivity contribution in [2.45, 2.75) is 0 Å². The van der Waals surface area contributed by atoms with Gasteiger partial charge in [-0.15, -0.1) is 37.2 Å². The molecule has 0 atom stereocenters. The molecule has 0 saturated carbocycles. The predicted molar refractivity (Wildman–Crippen MR) is 70.3 cm³/mol. The van der Waals surface area contributed by atoms with Crippen LogP contribution in [0.4, 0.5) is 0 Å². The van der Waals surface area contributed by atoms with Gasteiger partial charge in [-0.05, 0) is 12.1 Å². The molecular formula is C10H9Cl3N2O. The van der Waals surface area contributed by atoms with Crippen LogP contribution in [-0.4, -0.2) is 6.21 Å². The van der Waals surface area contributed by atoms with Crippen LogP contribution in [0.5, 0.6) is 5.75 Å². The zero-order valence-electron chi connectivity index (χ0n) is 7.99. The van der Waals surface area contributed by atoms with E-state index in [2.05, 4.69) is 11.1 Å². The third-order valence-electron chi connectivity index (χ3n) is 1.73. The number of rotatable bonds is 0. The topological polar surface area (TPSA) is 45.4 Å². The quantitative estimate of drug-likeness (QED) is 0.732. The molecule has 3 nitrogen and oxygen atoms in total. The van der Waals surface area contributed by atoms with E-state index in [0.29, 0.717) is 11.3 Å². The first-order valence-electron chi connectivity index (χ1n) is 3.80. The molecule has 0 amide bonds. The minimum absolute atomic E-state index is 0. The summed E-state index contributed by atoms with van der Waals surface area (Å²) in [6.07, 6.45) is 4.65. The number of hydrogen-bond donors (Lipinski definition) is 0. The summed E-state index contributed by atoms with van der Waals surface area (Å²) in [7, 11) is 0. The first kappa shape index (κ1) is 17.2. The summed E-state index contributed by atoms with van der Waals surface area (Å²) in [6, 6.07) is 7.41. The molecule has 0 radical (unpaired) electrons. The van der Waals surface area contributed by atoms with E-state index in [0.717, 1.165) is 5.56 Å². The van der Waals surface area contributed by atoms with Gasteiger partial charge < -0.3 is 4.74 Å². The number of nitrogens with zero attached hydrogens (tertiary/aromatic N) is 2. The molecule has 0 aliphatic carbocycles. The normalized spacial score (nSPS) is 10.2. The molecule has 1 aliphatic heterocycles. The lowest BCUT2D eigenvalue weighted by atomic mass is 10.1. The molecule has 1 heterocycles. The average Bonchev–Trinajstić information content (AvgIpc) is 2.41. The SMILES string of the molecule is Cl.Cl.Cl.N#Cc1cccc2c1C=NC=CO2. The number of benzene rings is 1. The molecule has 0 fully saturated rings. The van der Waals surface area contributed by atoms with Crippen LogP contribution < -0.4 is 4.74 Å². The van der Waals surface area contributed by atoms with Crippen molar-refractivity contribution in [3.63, 3.8) is 0 Å². The van der Waals surface area contributed by atoms with Crippen molar-refractivity contribution in [3.8, 4) is 11.8 Å². The highest BCUT2D eigenvalue weighted by atomic mass is 35.5. The molecule has 0 aromatic heterocycles. The Morgan fingerprint density at radius 2 is 1.94 bits per heavy atom. The minimum Gasteiger partial charge on any atom is -0.463 e. The number of aliphatic imine (C=N–C) groups is 1. The summed E-state index contributed by atoms with van der Waals surface area (Å²) in [4.78, 5) is 3.94. The largest absolute Gasteiger partial charge is 0.463 e. The summed E-state index contributed by atoms with van der Waals surface area (Å²) in [6.45, 7) is 0. The Bertz CT molecular complexity index is 438. The molecule has 0 N–H and O–H groups in total. The van der Waals surface area contributed by atoms with E-state index in [4.69, 9.17) is 10.00 Å². The van der Waals surface area contributed by atoms with Crippen molar-refractivity contribution >= 4 is 43.4 Å². The van der Waals surface area contributed by atoms with Gasteiger partial charge >= 0.3 is 0 Å². The molecule has 6 heteroatoms. The maximum absolute atomic E-state index is 8.80. The number of fused-ring (bicyclic) bond motifs is 1. The maximum atomic E-state index is 8.80. The third kappa shape index (κ3) is 3.42. The van der Waals surface area contributed by atoms with Crippen molar-refractivity contribution in [2.75, 3.05) is 0 Å². The Hall–Kier alpha value is -1.21. The van der Waals surface area contributed by atoms with Crippen LogP contribution in [-0.2, 0) is 0 Å². The summed E-state index contributed by atoms with van der Waals surface area (Å²) in [5, 5.41) is 8.80. The molecule has 1 aromatic carbocycles. The van der Waals surface area contributed by atoms with Gasteiger partial charge in [-0.2, -0.15) is 5.26 Å². The Morgan fingerprint density at radius 1 is 1.19 bits per heavy atom. The van der Waals surface area contributed by atoms with Crippen molar-refractivity contribution in [2.24, 2.45) is 4.99 Å². The Balaban J connectivity index is 0. The van der Waals surface area contributed by atoms with Gasteiger partial charge in [0.2, 0.25) is 0 Å². The summed E-state index contributed by atoms with van der Waals surface area (Å²) in [5.41, 5.74) is 1.31. The smallest absolute Gasteiger partial charge is 0.136 e. The Kier molecular flexibility index (Phi) is 8.60. The van der Waals surface area contributed by atoms with Crippen LogP contribution >= 0.6 is 37.2 Å². The van der Waals surface area contributed by atoms with Crippen molar-refractivity contribution in [1.29, 1.82) is 5.26 Å². The van der Waals surface area contributed by atoms with E-state index >= 15 is 0 Å². The van der Waals surface area contributed by atoms with Gasteiger partial charge in [-0.3, -0.25) is 4.99 Å². The van der Waals surface area contributed by atoms with Crippen LogP contribution in [0.25, 0.3) is 0 Å². The van der Waals surface area contributed by atoms with Gasteiger partial charge in [0.05, 0.1) is 23.4 Å². The average molecular weight is 280 g/mol. The van der Waals surface area contributed by atoms with Crippen LogP contribution in [0.15, 0.2) is 35.7 Å². The molecular weight excluding hydrogens is 270 g/mol. The molecule has 0 spiro atoms. The van der Waals surface area contributed by atoms with E-state index in [9.17, 15) is 0 Å². The van der Waals surface area contributed by atoms with Crippen LogP contribution in [0.1, 0.15) is 11.1 Å². The molecule has 0 bridgehead atoms. The minimum atomic E-state index is 0. The van der Waals surface area contributed by atoms with Gasteiger partial charge in [0.25, 0.3) is 0 Å². The fourth-order valence-corrected chi connectivity index (χ4v) is 1.13. The number of hydrogen-bond acceptors (Lipinski definition) is 3. The highest BCUT2D eigenvalue weighted by molar-refractivity contribution is 5.87. The second-order valence-electron chi connectivity index (χ2n) is 2.51. The lowest BCUT2D eigenvalue weighted by molar-refractivity contribution is 0.480. The molecule has 86 valence electrons. The fraction of sp³-hybridized carbons (Fsp3) is 0. The van der Waals surface area contributed by atoms with Crippen molar-refractivity contribution in [3.05, 3.63) is 41.8 Å². The number of halogens is 3. The lowest BCUT2D eigenvalue weighted by Crippen LogP contribution is -1.91.